The molecule has 1 N–H and O–H groups in total. The van der Waals surface area contributed by atoms with E-state index in [0.29, 0.717) is 19.4 Å². The van der Waals surface area contributed by atoms with Crippen molar-refractivity contribution in [3.05, 3.63) is 30.1 Å². The minimum absolute atomic E-state index is 0.0154. The summed E-state index contributed by atoms with van der Waals surface area (Å²) in [6, 6.07) is 3.33. The van der Waals surface area contributed by atoms with Crippen LogP contribution in [-0.4, -0.2) is 51.3 Å². The van der Waals surface area contributed by atoms with Gasteiger partial charge in [-0.05, 0) is 43.4 Å². The van der Waals surface area contributed by atoms with Crippen LogP contribution in [0.4, 0.5) is 4.79 Å². The summed E-state index contributed by atoms with van der Waals surface area (Å²) in [6.45, 7) is 4.18. The summed E-state index contributed by atoms with van der Waals surface area (Å²) in [5.41, 5.74) is 0.168. The van der Waals surface area contributed by atoms with Gasteiger partial charge < -0.3 is 10.2 Å². The zero-order chi connectivity index (χ0) is 18.0. The number of amides is 4. The smallest absolute Gasteiger partial charge is 0.325 e. The molecule has 0 bridgehead atoms. The molecule has 7 heteroatoms. The van der Waals surface area contributed by atoms with Crippen molar-refractivity contribution in [3.8, 4) is 0 Å². The van der Waals surface area contributed by atoms with Crippen LogP contribution in [-0.2, 0) is 9.59 Å². The van der Waals surface area contributed by atoms with Crippen molar-refractivity contribution in [2.45, 2.75) is 51.1 Å². The first kappa shape index (κ1) is 17.4. The van der Waals surface area contributed by atoms with Crippen LogP contribution in [0.2, 0.25) is 0 Å². The van der Waals surface area contributed by atoms with E-state index in [1.165, 1.54) is 0 Å². The van der Waals surface area contributed by atoms with E-state index in [1.54, 1.807) is 17.3 Å². The van der Waals surface area contributed by atoms with Gasteiger partial charge in [-0.3, -0.25) is 19.5 Å². The van der Waals surface area contributed by atoms with E-state index in [2.05, 4.69) is 10.3 Å². The number of nitrogens with one attached hydrogen (secondary N) is 1. The maximum absolute atomic E-state index is 12.8. The second kappa shape index (κ2) is 6.82. The Bertz CT molecular complexity index is 672. The van der Waals surface area contributed by atoms with Crippen molar-refractivity contribution in [2.75, 3.05) is 13.1 Å². The molecule has 0 aromatic carbocycles. The second-order valence-electron chi connectivity index (χ2n) is 6.64. The first-order valence-corrected chi connectivity index (χ1v) is 8.86. The molecule has 2 saturated heterocycles. The molecule has 3 rings (SSSR count). The largest absolute Gasteiger partial charge is 0.334 e. The van der Waals surface area contributed by atoms with Crippen LogP contribution in [0.15, 0.2) is 24.5 Å². The number of likely N-dealkylation sites (tertiary alicyclic amines) is 1. The van der Waals surface area contributed by atoms with Gasteiger partial charge in [-0.1, -0.05) is 13.8 Å². The van der Waals surface area contributed by atoms with E-state index in [1.807, 2.05) is 26.0 Å². The zero-order valence-electron chi connectivity index (χ0n) is 14.7. The standard InChI is InChI=1S/C18H24N4O3/c1-3-18(4-2)16(24)22(17(25)20-18)12-15(23)21-11-5-6-14(21)13-7-9-19-10-8-13/h7-10,14H,3-6,11-12H2,1-2H3,(H,20,25)/t14-/m0/s1. The van der Waals surface area contributed by atoms with Crippen LogP contribution >= 0.6 is 0 Å². The molecule has 2 aliphatic rings. The molecule has 0 saturated carbocycles. The average Bonchev–Trinajstić information content (AvgIpc) is 3.21. The number of carbonyl (C=O) groups is 3. The maximum atomic E-state index is 12.8. The minimum Gasteiger partial charge on any atom is -0.334 e. The number of nitrogens with zero attached hydrogens (tertiary/aromatic N) is 3. The maximum Gasteiger partial charge on any atom is 0.325 e. The lowest BCUT2D eigenvalue weighted by atomic mass is 9.93. The molecule has 1 aromatic heterocycles. The average molecular weight is 344 g/mol. The third kappa shape index (κ3) is 2.99. The normalized spacial score (nSPS) is 22.4. The molecule has 0 radical (unpaired) electrons. The molecule has 2 aliphatic heterocycles. The molecule has 0 spiro atoms. The molecular formula is C18H24N4O3. The van der Waals surface area contributed by atoms with E-state index in [9.17, 15) is 14.4 Å². The molecular weight excluding hydrogens is 320 g/mol. The monoisotopic (exact) mass is 344 g/mol. The number of aromatic nitrogens is 1. The second-order valence-corrected chi connectivity index (χ2v) is 6.64. The Kier molecular flexibility index (Phi) is 4.74. The van der Waals surface area contributed by atoms with Crippen molar-refractivity contribution in [3.63, 3.8) is 0 Å². The molecule has 2 fully saturated rings. The fraction of sp³-hybridized carbons (Fsp3) is 0.556. The Labute approximate surface area is 147 Å². The summed E-state index contributed by atoms with van der Waals surface area (Å²) < 4.78 is 0. The number of rotatable bonds is 5. The van der Waals surface area contributed by atoms with E-state index in [4.69, 9.17) is 0 Å². The van der Waals surface area contributed by atoms with Gasteiger partial charge in [-0.15, -0.1) is 0 Å². The predicted molar refractivity (Wildman–Crippen MR) is 91.5 cm³/mol. The van der Waals surface area contributed by atoms with Crippen LogP contribution in [0.1, 0.15) is 51.1 Å². The summed E-state index contributed by atoms with van der Waals surface area (Å²) in [7, 11) is 0. The van der Waals surface area contributed by atoms with E-state index in [0.717, 1.165) is 23.3 Å². The topological polar surface area (TPSA) is 82.6 Å². The molecule has 7 nitrogen and oxygen atoms in total. The third-order valence-electron chi connectivity index (χ3n) is 5.41. The molecule has 1 atom stereocenters. The van der Waals surface area contributed by atoms with Crippen molar-refractivity contribution in [1.29, 1.82) is 0 Å². The Morgan fingerprint density at radius 2 is 1.96 bits per heavy atom. The van der Waals surface area contributed by atoms with E-state index >= 15 is 0 Å². The lowest BCUT2D eigenvalue weighted by molar-refractivity contribution is -0.139. The van der Waals surface area contributed by atoms with Gasteiger partial charge in [0.2, 0.25) is 5.91 Å². The Hall–Kier alpha value is -2.44. The highest BCUT2D eigenvalue weighted by atomic mass is 16.2. The van der Waals surface area contributed by atoms with Crippen LogP contribution in [0, 0.1) is 0 Å². The number of urea groups is 1. The van der Waals surface area contributed by atoms with Crippen LogP contribution < -0.4 is 5.32 Å². The molecule has 25 heavy (non-hydrogen) atoms. The molecule has 1 aromatic rings. The first-order valence-electron chi connectivity index (χ1n) is 8.86. The summed E-state index contributed by atoms with van der Waals surface area (Å²) in [5, 5.41) is 2.76. The van der Waals surface area contributed by atoms with Gasteiger partial charge in [0.05, 0.1) is 6.04 Å². The fourth-order valence-electron chi connectivity index (χ4n) is 3.77. The van der Waals surface area contributed by atoms with Crippen molar-refractivity contribution >= 4 is 17.8 Å². The highest BCUT2D eigenvalue weighted by Crippen LogP contribution is 2.32. The Morgan fingerprint density at radius 1 is 1.28 bits per heavy atom. The molecule has 4 amide bonds. The SMILES string of the molecule is CCC1(CC)NC(=O)N(CC(=O)N2CCC[C@H]2c2ccncc2)C1=O. The molecule has 0 aliphatic carbocycles. The Balaban J connectivity index is 1.74. The summed E-state index contributed by atoms with van der Waals surface area (Å²) in [4.78, 5) is 44.6. The van der Waals surface area contributed by atoms with Gasteiger partial charge in [0.1, 0.15) is 12.1 Å². The van der Waals surface area contributed by atoms with Gasteiger partial charge >= 0.3 is 6.03 Å². The minimum atomic E-state index is -0.868. The van der Waals surface area contributed by atoms with Crippen molar-refractivity contribution < 1.29 is 14.4 Å². The summed E-state index contributed by atoms with van der Waals surface area (Å²) in [6.07, 6.45) is 6.25. The van der Waals surface area contributed by atoms with Gasteiger partial charge in [0, 0.05) is 18.9 Å². The number of hydrogen-bond acceptors (Lipinski definition) is 4. The fourth-order valence-corrected chi connectivity index (χ4v) is 3.77. The van der Waals surface area contributed by atoms with Crippen LogP contribution in [0.3, 0.4) is 0 Å². The Morgan fingerprint density at radius 3 is 2.56 bits per heavy atom. The van der Waals surface area contributed by atoms with Gasteiger partial charge in [0.15, 0.2) is 0 Å². The highest BCUT2D eigenvalue weighted by molar-refractivity contribution is 6.09. The van der Waals surface area contributed by atoms with Crippen LogP contribution in [0.25, 0.3) is 0 Å². The first-order chi connectivity index (χ1) is 12.0. The van der Waals surface area contributed by atoms with Crippen molar-refractivity contribution in [1.82, 2.24) is 20.1 Å². The third-order valence-corrected chi connectivity index (χ3v) is 5.41. The van der Waals surface area contributed by atoms with Gasteiger partial charge in [0.25, 0.3) is 5.91 Å². The number of hydrogen-bond donors (Lipinski definition) is 1. The quantitative estimate of drug-likeness (QED) is 0.827. The summed E-state index contributed by atoms with van der Waals surface area (Å²) >= 11 is 0. The number of imide groups is 1. The lowest BCUT2D eigenvalue weighted by Crippen LogP contribution is -2.47. The van der Waals surface area contributed by atoms with Gasteiger partial charge in [-0.2, -0.15) is 0 Å². The van der Waals surface area contributed by atoms with E-state index < -0.39 is 11.6 Å². The van der Waals surface area contributed by atoms with Crippen molar-refractivity contribution in [2.24, 2.45) is 0 Å². The lowest BCUT2D eigenvalue weighted by Gasteiger charge is -2.27. The van der Waals surface area contributed by atoms with Crippen LogP contribution in [0.5, 0.6) is 0 Å². The zero-order valence-corrected chi connectivity index (χ0v) is 14.7. The van der Waals surface area contributed by atoms with Gasteiger partial charge in [-0.25, -0.2) is 4.79 Å². The molecule has 134 valence electrons. The number of pyridine rings is 1. The summed E-state index contributed by atoms with van der Waals surface area (Å²) in [5.74, 6) is -0.485. The van der Waals surface area contributed by atoms with E-state index in [-0.39, 0.29) is 24.4 Å². The highest BCUT2D eigenvalue weighted by Gasteiger charge is 2.49. The molecule has 3 heterocycles. The predicted octanol–water partition coefficient (Wildman–Crippen LogP) is 1.86. The molecule has 0 unspecified atom stereocenters. The number of carbonyl (C=O) groups excluding carboxylic acids is 3.